The SMILES string of the molecule is CN1C(NC(=O)OC(C)(C)C)=N[C@](C)(c2cc(N)c(N)cc2F)CS1(=O)=O.CN1C(NC(=O)OC(C)(C)C)=N[C@](C)(c2cc3c(cc2F)N=C(S(C)(=O)=O)C3)CS1(=O)=O.CN1C(NC(=O)OC(C)(C)C)=N[C@](C)(c2cc3c(cc2F)NC(=S)C3)CS1(=O)=O.CSC1=Nc2cc(F)c([C@]3(C)CS(=O)(=O)N(C)C(NC(=O)OC(C)(C)C)=N3)cc2C1. The number of nitrogen functional groups attached to an aromatic ring is 2. The molecular weight excluding hydrogens is 1690 g/mol. The number of ether oxygens (including phenoxy) is 4. The Kier molecular flexibility index (Phi) is 26.2. The second-order valence-corrected chi connectivity index (χ2v) is 44.6. The van der Waals surface area contributed by atoms with Crippen molar-refractivity contribution in [1.29, 1.82) is 0 Å². The lowest BCUT2D eigenvalue weighted by Crippen LogP contribution is -2.54. The fraction of sp³-hybridized carbons (Fsp3) is 0.514. The molecule has 46 heteroatoms. The van der Waals surface area contributed by atoms with Crippen molar-refractivity contribution in [2.45, 2.75) is 175 Å². The molecule has 0 unspecified atom stereocenters. The number of halogens is 4. The summed E-state index contributed by atoms with van der Waals surface area (Å²) < 4.78 is 209. The van der Waals surface area contributed by atoms with Crippen LogP contribution in [-0.4, -0.2) is 209 Å². The van der Waals surface area contributed by atoms with E-state index in [1.807, 2.05) is 6.26 Å². The summed E-state index contributed by atoms with van der Waals surface area (Å²) in [5.74, 6) is -5.78. The normalized spacial score (nSPS) is 22.7. The number of carbonyl (C=O) groups excluding carboxylic acids is 4. The standard InChI is InChI=1S/C19H25FN4O6S2.C19H25FN4O4S2.C18H23FN4O4S2.C16H24FN5O4S/c1-18(2,3)30-17(25)22-16-23-19(4,10-32(28,29)24(16)5)12-7-11-8-15(31(6,26)27)21-14(11)9-13(12)20;1-18(2,3)28-17(25)22-16-23-19(4,10-30(26,27)24(16)5)12-7-11-8-15(29-6)21-14(11)9-13(12)20;1-17(2,3)27-16(24)21-15-22-18(4,9-29(25,26)23(15)5)11-6-10-7-14(28)20-13(10)8-12(11)19;1-15(2,3)26-14(23)20-13-21-16(4,8-27(24,25)22(13)5)9-6-11(18)12(19)7-10(9)17/h7,9H,8,10H2,1-6H3,(H,22,23,25);7,9H,8,10H2,1-6H3,(H,22,23,25);6,8H,7,9H2,1-5H3,(H,20,28)(H,21,22,24);6-7H,8,18-19H2,1-5H3,(H,20,21,23)/t2*19-;18-;16-/m0000/s1. The molecule has 0 saturated heterocycles. The Hall–Kier alpha value is -9.51. The number of nitrogens with two attached hydrogens (primary N) is 2. The summed E-state index contributed by atoms with van der Waals surface area (Å²) in [7, 11) is -14.2. The van der Waals surface area contributed by atoms with Gasteiger partial charge >= 0.3 is 24.4 Å². The summed E-state index contributed by atoms with van der Waals surface area (Å²) >= 11 is 6.61. The summed E-state index contributed by atoms with van der Waals surface area (Å²) in [6.07, 6.45) is 0.369. The molecule has 4 amide bonds. The van der Waals surface area contributed by atoms with Crippen LogP contribution in [0.25, 0.3) is 0 Å². The topological polar surface area (TPSA) is 475 Å². The maximum atomic E-state index is 15.1. The van der Waals surface area contributed by atoms with Gasteiger partial charge in [0.2, 0.25) is 63.9 Å². The van der Waals surface area contributed by atoms with Gasteiger partial charge in [-0.2, -0.15) is 0 Å². The molecule has 7 aliphatic heterocycles. The van der Waals surface area contributed by atoms with Gasteiger partial charge in [0, 0.05) is 93.8 Å². The van der Waals surface area contributed by atoms with Gasteiger partial charge in [-0.05, 0) is 170 Å². The minimum Gasteiger partial charge on any atom is -0.444 e. The molecule has 0 bridgehead atoms. The lowest BCUT2D eigenvalue weighted by atomic mass is 9.91. The number of anilines is 3. The number of nitrogens with zero attached hydrogens (tertiary/aromatic N) is 10. The van der Waals surface area contributed by atoms with E-state index in [-0.39, 0.29) is 74.6 Å². The number of sulfone groups is 1. The van der Waals surface area contributed by atoms with Crippen LogP contribution in [0.15, 0.2) is 78.5 Å². The van der Waals surface area contributed by atoms with E-state index in [0.29, 0.717) is 34.8 Å². The number of fused-ring (bicyclic) bond motifs is 3. The highest BCUT2D eigenvalue weighted by atomic mass is 32.2. The van der Waals surface area contributed by atoms with Gasteiger partial charge in [-0.25, -0.2) is 126 Å². The number of sulfonamides is 4. The molecule has 0 radical (unpaired) electrons. The van der Waals surface area contributed by atoms with Gasteiger partial charge in [0.1, 0.15) is 72.9 Å². The van der Waals surface area contributed by atoms with Crippen LogP contribution in [-0.2, 0) is 110 Å². The monoisotopic (exact) mass is 1790 g/mol. The lowest BCUT2D eigenvalue weighted by Gasteiger charge is -2.36. The second-order valence-electron chi connectivity index (χ2n) is 33.2. The fourth-order valence-electron chi connectivity index (χ4n) is 12.5. The smallest absolute Gasteiger partial charge is 0.414 e. The van der Waals surface area contributed by atoms with Crippen molar-refractivity contribution in [3.8, 4) is 0 Å². The fourth-order valence-corrected chi connectivity index (χ4v) is 19.8. The Morgan fingerprint density at radius 2 is 0.746 bits per heavy atom. The van der Waals surface area contributed by atoms with Crippen molar-refractivity contribution in [1.82, 2.24) is 38.5 Å². The number of aliphatic imine (C=N–C) groups is 6. The van der Waals surface area contributed by atoms with E-state index >= 15 is 8.78 Å². The number of hydrogen-bond donors (Lipinski definition) is 7. The predicted octanol–water partition coefficient (Wildman–Crippen LogP) is 8.83. The summed E-state index contributed by atoms with van der Waals surface area (Å²) in [4.78, 5) is 74.9. The molecule has 4 aromatic carbocycles. The number of thioether (sulfide) groups is 1. The number of amides is 4. The zero-order valence-corrected chi connectivity index (χ0v) is 74.6. The van der Waals surface area contributed by atoms with E-state index in [2.05, 4.69) is 56.5 Å². The zero-order valence-electron chi connectivity index (χ0n) is 68.9. The number of guanidine groups is 4. The first-order valence-corrected chi connectivity index (χ1v) is 45.7. The van der Waals surface area contributed by atoms with Crippen LogP contribution in [0.3, 0.4) is 0 Å². The van der Waals surface area contributed by atoms with E-state index in [1.165, 1.54) is 91.9 Å². The molecule has 0 aliphatic carbocycles. The molecule has 0 saturated carbocycles. The van der Waals surface area contributed by atoms with Crippen molar-refractivity contribution < 1.29 is 97.8 Å². The molecule has 4 atom stereocenters. The molecule has 35 nitrogen and oxygen atoms in total. The first-order valence-electron chi connectivity index (χ1n) is 35.8. The van der Waals surface area contributed by atoms with E-state index in [0.717, 1.165) is 51.8 Å². The maximum absolute atomic E-state index is 15.1. The molecule has 0 aromatic heterocycles. The van der Waals surface area contributed by atoms with Gasteiger partial charge in [-0.1, -0.05) is 12.2 Å². The Labute approximate surface area is 693 Å². The van der Waals surface area contributed by atoms with E-state index < -0.39 is 165 Å². The van der Waals surface area contributed by atoms with Crippen molar-refractivity contribution in [2.75, 3.05) is 80.5 Å². The highest BCUT2D eigenvalue weighted by molar-refractivity contribution is 8.13. The van der Waals surface area contributed by atoms with Crippen LogP contribution < -0.4 is 38.1 Å². The van der Waals surface area contributed by atoms with Crippen molar-refractivity contribution >= 4 is 166 Å². The average molecular weight is 1790 g/mol. The van der Waals surface area contributed by atoms with Crippen molar-refractivity contribution in [2.24, 2.45) is 30.0 Å². The van der Waals surface area contributed by atoms with Gasteiger partial charge in [-0.3, -0.25) is 21.3 Å². The molecule has 4 aromatic rings. The average Bonchev–Trinajstić information content (AvgIpc) is 1.30. The third-order valence-electron chi connectivity index (χ3n) is 18.1. The molecule has 648 valence electrons. The van der Waals surface area contributed by atoms with Crippen LogP contribution in [0, 0.1) is 23.3 Å². The summed E-state index contributed by atoms with van der Waals surface area (Å²) in [6, 6.07) is 10.5. The van der Waals surface area contributed by atoms with Gasteiger partial charge in [0.05, 0.1) is 55.8 Å². The number of benzene rings is 4. The van der Waals surface area contributed by atoms with Crippen LogP contribution in [0.5, 0.6) is 0 Å². The Bertz CT molecular complexity index is 5630. The molecule has 7 aliphatic rings. The Morgan fingerprint density at radius 3 is 1.06 bits per heavy atom. The van der Waals surface area contributed by atoms with Gasteiger partial charge < -0.3 is 35.7 Å². The Balaban J connectivity index is 0.000000197. The Morgan fingerprint density at radius 1 is 0.466 bits per heavy atom. The minimum atomic E-state index is -3.98. The lowest BCUT2D eigenvalue weighted by molar-refractivity contribution is 0.0546. The minimum absolute atomic E-state index is 0.0308. The molecule has 118 heavy (non-hydrogen) atoms. The largest absolute Gasteiger partial charge is 0.444 e. The molecule has 7 heterocycles. The predicted molar refractivity (Wildman–Crippen MR) is 447 cm³/mol. The van der Waals surface area contributed by atoms with E-state index in [4.69, 9.17) is 42.6 Å². The number of thiocarbonyl (C=S) groups is 1. The second kappa shape index (κ2) is 32.9. The van der Waals surface area contributed by atoms with Crippen molar-refractivity contribution in [3.05, 3.63) is 111 Å². The van der Waals surface area contributed by atoms with Crippen LogP contribution >= 0.6 is 24.0 Å². The van der Waals surface area contributed by atoms with E-state index in [1.54, 1.807) is 95.2 Å². The van der Waals surface area contributed by atoms with Crippen LogP contribution in [0.1, 0.15) is 150 Å². The number of nitrogens with one attached hydrogen (secondary N) is 5. The molecule has 11 rings (SSSR count). The van der Waals surface area contributed by atoms with E-state index in [9.17, 15) is 70.0 Å². The molecule has 0 spiro atoms. The number of rotatable bonds is 4. The zero-order chi connectivity index (χ0) is 89.3. The van der Waals surface area contributed by atoms with Gasteiger partial charge in [0.25, 0.3) is 0 Å². The summed E-state index contributed by atoms with van der Waals surface area (Å²) in [6.45, 7) is 25.9. The van der Waals surface area contributed by atoms with Gasteiger partial charge in [0.15, 0.2) is 9.84 Å². The van der Waals surface area contributed by atoms with Crippen LogP contribution in [0.2, 0.25) is 0 Å². The highest BCUT2D eigenvalue weighted by Gasteiger charge is 2.49. The quantitative estimate of drug-likeness (QED) is 0.0434. The molecule has 9 N–H and O–H groups in total. The summed E-state index contributed by atoms with van der Waals surface area (Å²) in [5.41, 5.74) is 5.72. The maximum Gasteiger partial charge on any atom is 0.414 e. The molecule has 0 fully saturated rings. The summed E-state index contributed by atoms with van der Waals surface area (Å²) in [5, 5.41) is 13.0. The number of carbonyl (C=O) groups is 4. The number of alkyl carbamates (subject to hydrolysis) is 4. The third-order valence-corrected chi connectivity index (χ3v) is 27.8. The third kappa shape index (κ3) is 22.3. The van der Waals surface area contributed by atoms with Gasteiger partial charge in [-0.15, -0.1) is 11.8 Å². The van der Waals surface area contributed by atoms with Crippen LogP contribution in [0.4, 0.5) is 65.2 Å². The first kappa shape index (κ1) is 94.0. The number of hydrogen-bond acceptors (Lipinski definition) is 28. The first-order chi connectivity index (χ1) is 53.5. The van der Waals surface area contributed by atoms with Crippen molar-refractivity contribution in [3.63, 3.8) is 0 Å². The molecular formula is C72H97F4N17O18S7. The highest BCUT2D eigenvalue weighted by Crippen LogP contribution is 2.44.